The number of nitrogens with zero attached hydrogens (tertiary/aromatic N) is 2. The fraction of sp³-hybridized carbons (Fsp3) is 0.381. The fourth-order valence-electron chi connectivity index (χ4n) is 3.69. The van der Waals surface area contributed by atoms with Gasteiger partial charge in [0.1, 0.15) is 5.75 Å². The molecule has 6 heteroatoms. The molecular weight excluding hydrogens is 358 g/mol. The number of ether oxygens (including phenoxy) is 1. The molecule has 142 valence electrons. The molecule has 1 amide bonds. The Labute approximate surface area is 164 Å². The highest BCUT2D eigenvalue weighted by Crippen LogP contribution is 2.36. The van der Waals surface area contributed by atoms with Crippen LogP contribution in [0.5, 0.6) is 5.75 Å². The number of methoxy groups -OCH3 is 1. The summed E-state index contributed by atoms with van der Waals surface area (Å²) in [6, 6.07) is 16.2. The van der Waals surface area contributed by atoms with Gasteiger partial charge in [-0.2, -0.15) is 0 Å². The number of rotatable bonds is 5. The number of nitrogens with one attached hydrogen (secondary N) is 1. The maximum absolute atomic E-state index is 12.4. The van der Waals surface area contributed by atoms with Crippen molar-refractivity contribution < 1.29 is 9.53 Å². The number of thioether (sulfide) groups is 1. The van der Waals surface area contributed by atoms with Crippen LogP contribution in [-0.2, 0) is 4.79 Å². The van der Waals surface area contributed by atoms with E-state index in [1.807, 2.05) is 30.3 Å². The van der Waals surface area contributed by atoms with Gasteiger partial charge in [-0.25, -0.2) is 0 Å². The molecule has 1 unspecified atom stereocenters. The molecule has 1 N–H and O–H groups in total. The van der Waals surface area contributed by atoms with E-state index in [0.717, 1.165) is 50.6 Å². The molecule has 2 aromatic rings. The Kier molecular flexibility index (Phi) is 5.55. The monoisotopic (exact) mass is 383 g/mol. The number of para-hydroxylation sites is 3. The van der Waals surface area contributed by atoms with Crippen LogP contribution in [0.3, 0.4) is 0 Å². The van der Waals surface area contributed by atoms with Crippen molar-refractivity contribution in [3.63, 3.8) is 0 Å². The Morgan fingerprint density at radius 1 is 1.07 bits per heavy atom. The van der Waals surface area contributed by atoms with E-state index < -0.39 is 0 Å². The molecule has 0 bridgehead atoms. The van der Waals surface area contributed by atoms with E-state index >= 15 is 0 Å². The van der Waals surface area contributed by atoms with Crippen LogP contribution in [0.1, 0.15) is 6.42 Å². The van der Waals surface area contributed by atoms with Gasteiger partial charge in [-0.1, -0.05) is 24.3 Å². The third-order valence-electron chi connectivity index (χ3n) is 5.21. The smallest absolute Gasteiger partial charge is 0.237 e. The van der Waals surface area contributed by atoms with E-state index in [0.29, 0.717) is 0 Å². The second kappa shape index (κ2) is 8.23. The van der Waals surface area contributed by atoms with Gasteiger partial charge < -0.3 is 15.0 Å². The number of fused-ring (bicyclic) bond motifs is 1. The molecule has 4 rings (SSSR count). The summed E-state index contributed by atoms with van der Waals surface area (Å²) >= 11 is 1.69. The van der Waals surface area contributed by atoms with E-state index in [-0.39, 0.29) is 11.2 Å². The molecule has 1 atom stereocenters. The van der Waals surface area contributed by atoms with Gasteiger partial charge in [-0.05, 0) is 37.2 Å². The normalized spacial score (nSPS) is 20.1. The average molecular weight is 384 g/mol. The van der Waals surface area contributed by atoms with Crippen molar-refractivity contribution >= 4 is 29.0 Å². The second-order valence-electron chi connectivity index (χ2n) is 6.88. The van der Waals surface area contributed by atoms with Crippen LogP contribution in [0.2, 0.25) is 0 Å². The third kappa shape index (κ3) is 4.06. The van der Waals surface area contributed by atoms with E-state index in [9.17, 15) is 4.79 Å². The van der Waals surface area contributed by atoms with Crippen molar-refractivity contribution in [2.75, 3.05) is 50.1 Å². The molecule has 1 fully saturated rings. The van der Waals surface area contributed by atoms with Crippen LogP contribution in [0.15, 0.2) is 53.4 Å². The molecule has 0 spiro atoms. The Morgan fingerprint density at radius 3 is 2.63 bits per heavy atom. The molecule has 2 aromatic carbocycles. The molecule has 0 aliphatic carbocycles. The highest BCUT2D eigenvalue weighted by Gasteiger charge is 2.28. The SMILES string of the molecule is COc1ccccc1N1CCN(CCC2Sc3ccccc3NC2=O)CC1. The highest BCUT2D eigenvalue weighted by molar-refractivity contribution is 8.01. The van der Waals surface area contributed by atoms with Crippen LogP contribution >= 0.6 is 11.8 Å². The van der Waals surface area contributed by atoms with E-state index in [4.69, 9.17) is 4.74 Å². The molecule has 0 aromatic heterocycles. The summed E-state index contributed by atoms with van der Waals surface area (Å²) in [6.07, 6.45) is 0.874. The zero-order chi connectivity index (χ0) is 18.6. The van der Waals surface area contributed by atoms with Gasteiger partial charge in [0.25, 0.3) is 0 Å². The van der Waals surface area contributed by atoms with Gasteiger partial charge in [0.2, 0.25) is 5.91 Å². The Balaban J connectivity index is 1.29. The Bertz CT molecular complexity index is 806. The Hall–Kier alpha value is -2.18. The van der Waals surface area contributed by atoms with Crippen molar-refractivity contribution in [2.24, 2.45) is 0 Å². The molecule has 2 aliphatic rings. The van der Waals surface area contributed by atoms with Gasteiger partial charge in [0.05, 0.1) is 23.7 Å². The minimum absolute atomic E-state index is 0.00727. The lowest BCUT2D eigenvalue weighted by Crippen LogP contribution is -2.47. The number of hydrogen-bond donors (Lipinski definition) is 1. The van der Waals surface area contributed by atoms with Gasteiger partial charge in [0, 0.05) is 31.1 Å². The molecule has 0 saturated carbocycles. The standard InChI is InChI=1S/C21H25N3O2S/c1-26-18-8-4-3-7-17(18)24-14-12-23(13-15-24)11-10-20-21(25)22-16-6-2-5-9-19(16)27-20/h2-9,20H,10-15H2,1H3,(H,22,25). The number of carbonyl (C=O) groups is 1. The zero-order valence-corrected chi connectivity index (χ0v) is 16.4. The van der Waals surface area contributed by atoms with Gasteiger partial charge in [0.15, 0.2) is 0 Å². The maximum atomic E-state index is 12.4. The van der Waals surface area contributed by atoms with Gasteiger partial charge in [-0.15, -0.1) is 11.8 Å². The van der Waals surface area contributed by atoms with Crippen LogP contribution in [0.25, 0.3) is 0 Å². The summed E-state index contributed by atoms with van der Waals surface area (Å²) in [7, 11) is 1.72. The number of piperazine rings is 1. The highest BCUT2D eigenvalue weighted by atomic mass is 32.2. The van der Waals surface area contributed by atoms with Crippen LogP contribution < -0.4 is 15.0 Å². The predicted molar refractivity (Wildman–Crippen MR) is 111 cm³/mol. The van der Waals surface area contributed by atoms with E-state index in [2.05, 4.69) is 33.3 Å². The lowest BCUT2D eigenvalue weighted by Gasteiger charge is -2.37. The van der Waals surface area contributed by atoms with Crippen molar-refractivity contribution in [3.05, 3.63) is 48.5 Å². The van der Waals surface area contributed by atoms with Crippen molar-refractivity contribution in [2.45, 2.75) is 16.6 Å². The number of anilines is 2. The van der Waals surface area contributed by atoms with Crippen molar-refractivity contribution in [3.8, 4) is 5.75 Å². The third-order valence-corrected chi connectivity index (χ3v) is 6.56. The first kappa shape index (κ1) is 18.2. The first-order valence-electron chi connectivity index (χ1n) is 9.41. The van der Waals surface area contributed by atoms with Crippen LogP contribution in [0, 0.1) is 0 Å². The summed E-state index contributed by atoms with van der Waals surface area (Å²) in [5.41, 5.74) is 2.10. The maximum Gasteiger partial charge on any atom is 0.237 e. The van der Waals surface area contributed by atoms with Crippen molar-refractivity contribution in [1.82, 2.24) is 4.90 Å². The summed E-state index contributed by atoms with van der Waals surface area (Å²) in [4.78, 5) is 18.4. The molecular formula is C21H25N3O2S. The molecule has 1 saturated heterocycles. The summed E-state index contributed by atoms with van der Waals surface area (Å²) in [5, 5.41) is 3.03. The second-order valence-corrected chi connectivity index (χ2v) is 8.13. The summed E-state index contributed by atoms with van der Waals surface area (Å²) in [5.74, 6) is 1.06. The zero-order valence-electron chi connectivity index (χ0n) is 15.6. The average Bonchev–Trinajstić information content (AvgIpc) is 2.72. The number of amides is 1. The van der Waals surface area contributed by atoms with E-state index in [1.54, 1.807) is 18.9 Å². The lowest BCUT2D eigenvalue weighted by atomic mass is 10.2. The predicted octanol–water partition coefficient (Wildman–Crippen LogP) is 3.32. The summed E-state index contributed by atoms with van der Waals surface area (Å²) in [6.45, 7) is 4.93. The van der Waals surface area contributed by atoms with Gasteiger partial charge >= 0.3 is 0 Å². The Morgan fingerprint density at radius 2 is 1.81 bits per heavy atom. The number of carbonyl (C=O) groups excluding carboxylic acids is 1. The quantitative estimate of drug-likeness (QED) is 0.858. The fourth-order valence-corrected chi connectivity index (χ4v) is 4.78. The minimum atomic E-state index is -0.00727. The summed E-state index contributed by atoms with van der Waals surface area (Å²) < 4.78 is 5.49. The van der Waals surface area contributed by atoms with Crippen molar-refractivity contribution in [1.29, 1.82) is 0 Å². The van der Waals surface area contributed by atoms with Crippen LogP contribution in [-0.4, -0.2) is 55.9 Å². The number of hydrogen-bond acceptors (Lipinski definition) is 5. The minimum Gasteiger partial charge on any atom is -0.495 e. The number of benzene rings is 2. The molecule has 0 radical (unpaired) electrons. The first-order chi connectivity index (χ1) is 13.2. The molecule has 2 heterocycles. The largest absolute Gasteiger partial charge is 0.495 e. The lowest BCUT2D eigenvalue weighted by molar-refractivity contribution is -0.116. The van der Waals surface area contributed by atoms with E-state index in [1.165, 1.54) is 10.6 Å². The molecule has 27 heavy (non-hydrogen) atoms. The van der Waals surface area contributed by atoms with Crippen LogP contribution in [0.4, 0.5) is 11.4 Å². The molecule has 2 aliphatic heterocycles. The van der Waals surface area contributed by atoms with Gasteiger partial charge in [-0.3, -0.25) is 9.69 Å². The topological polar surface area (TPSA) is 44.8 Å². The first-order valence-corrected chi connectivity index (χ1v) is 10.3. The molecule has 5 nitrogen and oxygen atoms in total.